The molecule has 5 heteroatoms. The van der Waals surface area contributed by atoms with Gasteiger partial charge in [0.05, 0.1) is 21.9 Å². The third-order valence-corrected chi connectivity index (χ3v) is 3.38. The van der Waals surface area contributed by atoms with Gasteiger partial charge >= 0.3 is 0 Å². The summed E-state index contributed by atoms with van der Waals surface area (Å²) >= 11 is 7.46. The number of nitrogen functional groups attached to an aromatic ring is 1. The summed E-state index contributed by atoms with van der Waals surface area (Å²) in [6, 6.07) is 5.84. The maximum Gasteiger partial charge on any atom is 0.0931 e. The average Bonchev–Trinajstić information content (AvgIpc) is 2.64. The van der Waals surface area contributed by atoms with Crippen molar-refractivity contribution in [1.82, 2.24) is 4.98 Å². The molecule has 0 aromatic carbocycles. The molecule has 0 spiro atoms. The lowest BCUT2D eigenvalue weighted by Gasteiger charge is -2.05. The van der Waals surface area contributed by atoms with Crippen LogP contribution in [0, 0.1) is 0 Å². The predicted molar refractivity (Wildman–Crippen MR) is 70.2 cm³/mol. The largest absolute Gasteiger partial charge is 0.397 e. The van der Waals surface area contributed by atoms with E-state index >= 15 is 0 Å². The SMILES string of the molecule is Nc1cncc(NCCc2ccc(Cl)s2)c1. The number of nitrogens with zero attached hydrogens (tertiary/aromatic N) is 1. The van der Waals surface area contributed by atoms with Crippen molar-refractivity contribution in [2.45, 2.75) is 6.42 Å². The summed E-state index contributed by atoms with van der Waals surface area (Å²) in [6.07, 6.45) is 4.34. The Morgan fingerprint density at radius 3 is 2.94 bits per heavy atom. The second kappa shape index (κ2) is 5.18. The first-order valence-electron chi connectivity index (χ1n) is 4.92. The van der Waals surface area contributed by atoms with Crippen LogP contribution >= 0.6 is 22.9 Å². The first-order chi connectivity index (χ1) is 7.74. The van der Waals surface area contributed by atoms with E-state index < -0.39 is 0 Å². The first kappa shape index (κ1) is 11.2. The molecule has 0 saturated carbocycles. The molecule has 0 aliphatic rings. The smallest absolute Gasteiger partial charge is 0.0931 e. The number of halogens is 1. The molecular formula is C11H12ClN3S. The fraction of sp³-hybridized carbons (Fsp3) is 0.182. The standard InChI is InChI=1S/C11H12ClN3S/c12-11-2-1-10(16-11)3-4-15-9-5-8(13)6-14-7-9/h1-2,5-7,15H,3-4,13H2. The van der Waals surface area contributed by atoms with Crippen LogP contribution in [0.2, 0.25) is 4.34 Å². The third-order valence-electron chi connectivity index (χ3n) is 2.09. The van der Waals surface area contributed by atoms with E-state index in [1.54, 1.807) is 23.7 Å². The summed E-state index contributed by atoms with van der Waals surface area (Å²) in [5, 5.41) is 3.26. The van der Waals surface area contributed by atoms with Crippen LogP contribution in [0.5, 0.6) is 0 Å². The molecule has 84 valence electrons. The van der Waals surface area contributed by atoms with Crippen molar-refractivity contribution in [3.8, 4) is 0 Å². The van der Waals surface area contributed by atoms with Crippen LogP contribution in [0.1, 0.15) is 4.88 Å². The third kappa shape index (κ3) is 3.12. The summed E-state index contributed by atoms with van der Waals surface area (Å²) < 4.78 is 0.834. The Labute approximate surface area is 103 Å². The highest BCUT2D eigenvalue weighted by Crippen LogP contribution is 2.21. The van der Waals surface area contributed by atoms with Gasteiger partial charge in [0.25, 0.3) is 0 Å². The van der Waals surface area contributed by atoms with Gasteiger partial charge in [0, 0.05) is 17.6 Å². The van der Waals surface area contributed by atoms with Crippen LogP contribution in [0.3, 0.4) is 0 Å². The Hall–Kier alpha value is -1.26. The summed E-state index contributed by atoms with van der Waals surface area (Å²) in [6.45, 7) is 0.849. The fourth-order valence-electron chi connectivity index (χ4n) is 1.37. The minimum absolute atomic E-state index is 0.671. The number of thiophene rings is 1. The van der Waals surface area contributed by atoms with Gasteiger partial charge in [-0.15, -0.1) is 11.3 Å². The van der Waals surface area contributed by atoms with Crippen LogP contribution < -0.4 is 11.1 Å². The molecular weight excluding hydrogens is 242 g/mol. The molecule has 2 heterocycles. The van der Waals surface area contributed by atoms with Crippen molar-refractivity contribution in [3.05, 3.63) is 39.8 Å². The predicted octanol–water partition coefficient (Wildman–Crippen LogP) is 3.03. The Morgan fingerprint density at radius 2 is 2.25 bits per heavy atom. The lowest BCUT2D eigenvalue weighted by Crippen LogP contribution is -2.04. The van der Waals surface area contributed by atoms with E-state index in [1.807, 2.05) is 18.2 Å². The highest BCUT2D eigenvalue weighted by atomic mass is 35.5. The maximum absolute atomic E-state index is 5.85. The van der Waals surface area contributed by atoms with Gasteiger partial charge < -0.3 is 11.1 Å². The van der Waals surface area contributed by atoms with Gasteiger partial charge in [-0.25, -0.2) is 0 Å². The van der Waals surface area contributed by atoms with Crippen molar-refractivity contribution in [2.24, 2.45) is 0 Å². The minimum Gasteiger partial charge on any atom is -0.397 e. The van der Waals surface area contributed by atoms with Crippen LogP contribution in [-0.2, 0) is 6.42 Å². The van der Waals surface area contributed by atoms with E-state index in [0.717, 1.165) is 23.0 Å². The van der Waals surface area contributed by atoms with Gasteiger partial charge in [-0.05, 0) is 24.6 Å². The molecule has 2 rings (SSSR count). The molecule has 0 amide bonds. The number of nitrogens with one attached hydrogen (secondary N) is 1. The van der Waals surface area contributed by atoms with E-state index in [9.17, 15) is 0 Å². The maximum atomic E-state index is 5.85. The molecule has 0 aliphatic carbocycles. The molecule has 16 heavy (non-hydrogen) atoms. The molecule has 2 aromatic heterocycles. The van der Waals surface area contributed by atoms with Crippen molar-refractivity contribution in [3.63, 3.8) is 0 Å². The molecule has 0 bridgehead atoms. The number of hydrogen-bond donors (Lipinski definition) is 2. The number of hydrogen-bond acceptors (Lipinski definition) is 4. The normalized spacial score (nSPS) is 10.3. The van der Waals surface area contributed by atoms with E-state index in [2.05, 4.69) is 10.3 Å². The van der Waals surface area contributed by atoms with Crippen molar-refractivity contribution >= 4 is 34.3 Å². The Kier molecular flexibility index (Phi) is 3.64. The second-order valence-electron chi connectivity index (χ2n) is 3.39. The monoisotopic (exact) mass is 253 g/mol. The van der Waals surface area contributed by atoms with Gasteiger partial charge in [-0.2, -0.15) is 0 Å². The molecule has 0 aliphatic heterocycles. The van der Waals surface area contributed by atoms with Gasteiger partial charge in [0.1, 0.15) is 0 Å². The summed E-state index contributed by atoms with van der Waals surface area (Å²) in [4.78, 5) is 5.28. The zero-order chi connectivity index (χ0) is 11.4. The van der Waals surface area contributed by atoms with E-state index in [4.69, 9.17) is 17.3 Å². The molecule has 0 atom stereocenters. The zero-order valence-corrected chi connectivity index (χ0v) is 10.2. The fourth-order valence-corrected chi connectivity index (χ4v) is 2.46. The van der Waals surface area contributed by atoms with E-state index in [0.29, 0.717) is 5.69 Å². The molecule has 0 unspecified atom stereocenters. The summed E-state index contributed by atoms with van der Waals surface area (Å²) in [5.41, 5.74) is 7.24. The highest BCUT2D eigenvalue weighted by Gasteiger charge is 1.98. The average molecular weight is 254 g/mol. The van der Waals surface area contributed by atoms with Crippen molar-refractivity contribution in [2.75, 3.05) is 17.6 Å². The second-order valence-corrected chi connectivity index (χ2v) is 5.19. The number of nitrogens with two attached hydrogens (primary N) is 1. The van der Waals surface area contributed by atoms with Crippen molar-refractivity contribution < 1.29 is 0 Å². The number of rotatable bonds is 4. The van der Waals surface area contributed by atoms with Gasteiger partial charge in [-0.1, -0.05) is 11.6 Å². The molecule has 0 saturated heterocycles. The van der Waals surface area contributed by atoms with Crippen LogP contribution in [0.15, 0.2) is 30.6 Å². The summed E-state index contributed by atoms with van der Waals surface area (Å²) in [5.74, 6) is 0. The minimum atomic E-state index is 0.671. The van der Waals surface area contributed by atoms with Crippen molar-refractivity contribution in [1.29, 1.82) is 0 Å². The lowest BCUT2D eigenvalue weighted by atomic mass is 10.3. The van der Waals surface area contributed by atoms with Gasteiger partial charge in [0.2, 0.25) is 0 Å². The molecule has 2 aromatic rings. The van der Waals surface area contributed by atoms with Gasteiger partial charge in [0.15, 0.2) is 0 Å². The molecule has 0 radical (unpaired) electrons. The zero-order valence-electron chi connectivity index (χ0n) is 8.61. The number of pyridine rings is 1. The molecule has 3 N–H and O–H groups in total. The van der Waals surface area contributed by atoms with Crippen LogP contribution in [0.25, 0.3) is 0 Å². The topological polar surface area (TPSA) is 50.9 Å². The summed E-state index contributed by atoms with van der Waals surface area (Å²) in [7, 11) is 0. The van der Waals surface area contributed by atoms with E-state index in [1.165, 1.54) is 4.88 Å². The quantitative estimate of drug-likeness (QED) is 0.881. The van der Waals surface area contributed by atoms with Crippen LogP contribution in [0.4, 0.5) is 11.4 Å². The molecule has 3 nitrogen and oxygen atoms in total. The van der Waals surface area contributed by atoms with Gasteiger partial charge in [-0.3, -0.25) is 4.98 Å². The highest BCUT2D eigenvalue weighted by molar-refractivity contribution is 7.16. The molecule has 0 fully saturated rings. The Bertz CT molecular complexity index is 470. The Morgan fingerprint density at radius 1 is 1.38 bits per heavy atom. The first-order valence-corrected chi connectivity index (χ1v) is 6.12. The Balaban J connectivity index is 1.84. The van der Waals surface area contributed by atoms with E-state index in [-0.39, 0.29) is 0 Å². The van der Waals surface area contributed by atoms with Crippen LogP contribution in [-0.4, -0.2) is 11.5 Å². The number of aromatic nitrogens is 1. The lowest BCUT2D eigenvalue weighted by molar-refractivity contribution is 1.04. The number of anilines is 2.